The predicted octanol–water partition coefficient (Wildman–Crippen LogP) is 0.112. The second-order valence-electron chi connectivity index (χ2n) is 4.60. The van der Waals surface area contributed by atoms with Crippen molar-refractivity contribution in [2.45, 2.75) is 26.2 Å². The fourth-order valence-electron chi connectivity index (χ4n) is 2.14. The van der Waals surface area contributed by atoms with Crippen LogP contribution in [0.4, 0.5) is 0 Å². The largest absolute Gasteiger partial charge is 0.481 e. The minimum atomic E-state index is -3.43. The fourth-order valence-corrected chi connectivity index (χ4v) is 3.66. The van der Waals surface area contributed by atoms with Gasteiger partial charge in [-0.1, -0.05) is 6.92 Å². The molecule has 1 aliphatic rings. The summed E-state index contributed by atoms with van der Waals surface area (Å²) in [5, 5.41) is 11.8. The van der Waals surface area contributed by atoms with E-state index in [1.54, 1.807) is 6.92 Å². The molecule has 7 heteroatoms. The van der Waals surface area contributed by atoms with E-state index in [-0.39, 0.29) is 12.2 Å². The predicted molar refractivity (Wildman–Crippen MR) is 68.9 cm³/mol. The van der Waals surface area contributed by atoms with Crippen LogP contribution in [0.2, 0.25) is 0 Å². The van der Waals surface area contributed by atoms with Gasteiger partial charge in [0.15, 0.2) is 0 Å². The van der Waals surface area contributed by atoms with Crippen molar-refractivity contribution in [3.8, 4) is 0 Å². The maximum atomic E-state index is 12.0. The molecule has 0 aliphatic carbocycles. The van der Waals surface area contributed by atoms with E-state index in [1.807, 2.05) is 0 Å². The zero-order valence-electron chi connectivity index (χ0n) is 10.8. The van der Waals surface area contributed by atoms with E-state index in [2.05, 4.69) is 5.32 Å². The molecular formula is C11H22N2O4S. The molecule has 2 N–H and O–H groups in total. The Morgan fingerprint density at radius 2 is 2.00 bits per heavy atom. The van der Waals surface area contributed by atoms with Crippen LogP contribution < -0.4 is 5.32 Å². The molecule has 0 bridgehead atoms. The summed E-state index contributed by atoms with van der Waals surface area (Å²) in [5.74, 6) is -0.997. The third-order valence-corrected chi connectivity index (χ3v) is 5.15. The Morgan fingerprint density at radius 3 is 2.50 bits per heavy atom. The van der Waals surface area contributed by atoms with Gasteiger partial charge in [-0.15, -0.1) is 0 Å². The highest BCUT2D eigenvalue weighted by molar-refractivity contribution is 7.89. The zero-order chi connectivity index (χ0) is 13.6. The number of aliphatic carboxylic acids is 1. The molecule has 0 atom stereocenters. The van der Waals surface area contributed by atoms with Crippen molar-refractivity contribution in [2.75, 3.05) is 31.9 Å². The standard InChI is InChI=1S/C11H22N2O4S/c1-2-13(9-10-3-6-12-7-4-10)18(16,17)8-5-11(14)15/h10,12H,2-9H2,1H3,(H,14,15). The molecule has 0 aromatic carbocycles. The number of hydrogen-bond acceptors (Lipinski definition) is 4. The molecule has 18 heavy (non-hydrogen) atoms. The van der Waals surface area contributed by atoms with Crippen molar-refractivity contribution in [3.05, 3.63) is 0 Å². The number of carboxylic acids is 1. The Kier molecular flexibility index (Phi) is 6.04. The van der Waals surface area contributed by atoms with E-state index in [9.17, 15) is 13.2 Å². The maximum absolute atomic E-state index is 12.0. The number of carbonyl (C=O) groups is 1. The quantitative estimate of drug-likeness (QED) is 0.690. The molecule has 0 aromatic rings. The van der Waals surface area contributed by atoms with Gasteiger partial charge in [-0.3, -0.25) is 4.79 Å². The molecule has 0 unspecified atom stereocenters. The summed E-state index contributed by atoms with van der Waals surface area (Å²) in [7, 11) is -3.43. The number of carboxylic acid groups (broad SMARTS) is 1. The van der Waals surface area contributed by atoms with Crippen molar-refractivity contribution < 1.29 is 18.3 Å². The molecular weight excluding hydrogens is 256 g/mol. The Labute approximate surface area is 108 Å². The number of piperidine rings is 1. The highest BCUT2D eigenvalue weighted by Gasteiger charge is 2.25. The van der Waals surface area contributed by atoms with E-state index in [1.165, 1.54) is 4.31 Å². The molecule has 1 fully saturated rings. The van der Waals surface area contributed by atoms with Crippen LogP contribution >= 0.6 is 0 Å². The highest BCUT2D eigenvalue weighted by atomic mass is 32.2. The van der Waals surface area contributed by atoms with Crippen molar-refractivity contribution in [2.24, 2.45) is 5.92 Å². The van der Waals surface area contributed by atoms with Gasteiger partial charge in [0.25, 0.3) is 0 Å². The lowest BCUT2D eigenvalue weighted by molar-refractivity contribution is -0.136. The molecule has 0 radical (unpaired) electrons. The number of nitrogens with zero attached hydrogens (tertiary/aromatic N) is 1. The molecule has 0 aromatic heterocycles. The molecule has 1 aliphatic heterocycles. The number of nitrogens with one attached hydrogen (secondary N) is 1. The summed E-state index contributed by atoms with van der Waals surface area (Å²) in [6.45, 7) is 4.57. The summed E-state index contributed by atoms with van der Waals surface area (Å²) in [6, 6.07) is 0. The van der Waals surface area contributed by atoms with Crippen LogP contribution in [0, 0.1) is 5.92 Å². The van der Waals surface area contributed by atoms with E-state index >= 15 is 0 Å². The summed E-state index contributed by atoms with van der Waals surface area (Å²) in [5.41, 5.74) is 0. The zero-order valence-corrected chi connectivity index (χ0v) is 11.6. The van der Waals surface area contributed by atoms with Gasteiger partial charge in [0.1, 0.15) is 0 Å². The number of sulfonamides is 1. The lowest BCUT2D eigenvalue weighted by Crippen LogP contribution is -2.40. The first kappa shape index (κ1) is 15.4. The SMILES string of the molecule is CCN(CC1CCNCC1)S(=O)(=O)CCC(=O)O. The average Bonchev–Trinajstić information content (AvgIpc) is 2.34. The fraction of sp³-hybridized carbons (Fsp3) is 0.909. The molecule has 1 saturated heterocycles. The van der Waals surface area contributed by atoms with Crippen LogP contribution in [0.3, 0.4) is 0 Å². The summed E-state index contributed by atoms with van der Waals surface area (Å²) in [6.07, 6.45) is 1.63. The molecule has 0 amide bonds. The first-order valence-electron chi connectivity index (χ1n) is 6.36. The first-order chi connectivity index (χ1) is 8.45. The smallest absolute Gasteiger partial charge is 0.304 e. The Bertz CT molecular complexity index is 363. The molecule has 1 rings (SSSR count). The van der Waals surface area contributed by atoms with E-state index in [0.29, 0.717) is 19.0 Å². The van der Waals surface area contributed by atoms with Crippen molar-refractivity contribution in [3.63, 3.8) is 0 Å². The molecule has 0 spiro atoms. The topological polar surface area (TPSA) is 86.7 Å². The second kappa shape index (κ2) is 7.06. The number of rotatable bonds is 7. The summed E-state index contributed by atoms with van der Waals surface area (Å²) < 4.78 is 25.4. The molecule has 106 valence electrons. The first-order valence-corrected chi connectivity index (χ1v) is 7.97. The Morgan fingerprint density at radius 1 is 1.39 bits per heavy atom. The van der Waals surface area contributed by atoms with Crippen LogP contribution in [0.15, 0.2) is 0 Å². The van der Waals surface area contributed by atoms with Crippen molar-refractivity contribution >= 4 is 16.0 Å². The average molecular weight is 278 g/mol. The third-order valence-electron chi connectivity index (χ3n) is 3.24. The monoisotopic (exact) mass is 278 g/mol. The van der Waals surface area contributed by atoms with E-state index in [4.69, 9.17) is 5.11 Å². The van der Waals surface area contributed by atoms with Gasteiger partial charge in [-0.05, 0) is 31.8 Å². The van der Waals surface area contributed by atoms with Gasteiger partial charge in [0.2, 0.25) is 10.0 Å². The van der Waals surface area contributed by atoms with Gasteiger partial charge in [0, 0.05) is 13.1 Å². The maximum Gasteiger partial charge on any atom is 0.304 e. The normalized spacial score (nSPS) is 18.1. The van der Waals surface area contributed by atoms with Crippen LogP contribution in [-0.2, 0) is 14.8 Å². The lowest BCUT2D eigenvalue weighted by Gasteiger charge is -2.28. The Balaban J connectivity index is 2.54. The minimum absolute atomic E-state index is 0.304. The molecule has 1 heterocycles. The van der Waals surface area contributed by atoms with Crippen LogP contribution in [0.1, 0.15) is 26.2 Å². The van der Waals surface area contributed by atoms with Crippen LogP contribution in [0.25, 0.3) is 0 Å². The second-order valence-corrected chi connectivity index (χ2v) is 6.69. The summed E-state index contributed by atoms with van der Waals surface area (Å²) >= 11 is 0. The van der Waals surface area contributed by atoms with Gasteiger partial charge >= 0.3 is 5.97 Å². The number of hydrogen-bond donors (Lipinski definition) is 2. The molecule has 6 nitrogen and oxygen atoms in total. The van der Waals surface area contributed by atoms with Crippen molar-refractivity contribution in [1.29, 1.82) is 0 Å². The highest BCUT2D eigenvalue weighted by Crippen LogP contribution is 2.16. The van der Waals surface area contributed by atoms with E-state index in [0.717, 1.165) is 25.9 Å². The lowest BCUT2D eigenvalue weighted by atomic mass is 9.98. The van der Waals surface area contributed by atoms with Gasteiger partial charge < -0.3 is 10.4 Å². The summed E-state index contributed by atoms with van der Waals surface area (Å²) in [4.78, 5) is 10.5. The van der Waals surface area contributed by atoms with Gasteiger partial charge in [-0.25, -0.2) is 12.7 Å². The van der Waals surface area contributed by atoms with Crippen molar-refractivity contribution in [1.82, 2.24) is 9.62 Å². The van der Waals surface area contributed by atoms with Gasteiger partial charge in [-0.2, -0.15) is 0 Å². The van der Waals surface area contributed by atoms with Crippen LogP contribution in [-0.4, -0.2) is 55.7 Å². The Hall–Kier alpha value is -0.660. The van der Waals surface area contributed by atoms with Gasteiger partial charge in [0.05, 0.1) is 12.2 Å². The minimum Gasteiger partial charge on any atom is -0.481 e. The van der Waals surface area contributed by atoms with E-state index < -0.39 is 16.0 Å². The third kappa shape index (κ3) is 4.91. The molecule has 0 saturated carbocycles. The van der Waals surface area contributed by atoms with Crippen LogP contribution in [0.5, 0.6) is 0 Å².